The lowest BCUT2D eigenvalue weighted by atomic mass is 10.1. The maximum atomic E-state index is 12.0. The van der Waals surface area contributed by atoms with Crippen molar-refractivity contribution in [3.63, 3.8) is 0 Å². The Morgan fingerprint density at radius 1 is 0.969 bits per heavy atom. The van der Waals surface area contributed by atoms with Crippen LogP contribution in [-0.2, 0) is 19.6 Å². The summed E-state index contributed by atoms with van der Waals surface area (Å²) in [6.45, 7) is 6.15. The molecule has 0 saturated carbocycles. The zero-order valence-corrected chi connectivity index (χ0v) is 19.5. The third kappa shape index (κ3) is 5.75. The van der Waals surface area contributed by atoms with Gasteiger partial charge in [0.05, 0.1) is 12.2 Å². The summed E-state index contributed by atoms with van der Waals surface area (Å²) in [5, 5.41) is 11.4. The first kappa shape index (κ1) is 23.1. The van der Waals surface area contributed by atoms with Crippen molar-refractivity contribution >= 4 is 11.9 Å². The lowest BCUT2D eigenvalue weighted by molar-refractivity contribution is 0.0827. The number of carbonyl (C=O) groups excluding carboxylic acids is 1. The number of nitrogens with zero attached hydrogens (tertiary/aromatic N) is 4. The van der Waals surface area contributed by atoms with Gasteiger partial charge in [-0.1, -0.05) is 42.5 Å². The van der Waals surface area contributed by atoms with Crippen LogP contribution in [-0.4, -0.2) is 47.7 Å². The molecule has 2 N–H and O–H groups in total. The van der Waals surface area contributed by atoms with Crippen molar-refractivity contribution in [1.29, 1.82) is 0 Å². The van der Waals surface area contributed by atoms with Crippen LogP contribution in [0.4, 0.5) is 0 Å². The van der Waals surface area contributed by atoms with Crippen LogP contribution < -0.4 is 10.6 Å². The van der Waals surface area contributed by atoms with Gasteiger partial charge >= 0.3 is 0 Å². The Bertz CT molecular complexity index is 1070. The molecule has 0 radical (unpaired) electrons. The molecule has 0 unspecified atom stereocenters. The summed E-state index contributed by atoms with van der Waals surface area (Å²) in [5.41, 5.74) is 6.33. The number of aliphatic imine (C=N–C) groups is 1. The number of guanidine groups is 1. The number of aryl methyl sites for hydroxylation is 1. The van der Waals surface area contributed by atoms with Gasteiger partial charge in [0.25, 0.3) is 5.91 Å². The Hall–Kier alpha value is -3.61. The minimum atomic E-state index is 0.000496. The number of benzene rings is 2. The van der Waals surface area contributed by atoms with Crippen LogP contribution in [0.25, 0.3) is 0 Å². The van der Waals surface area contributed by atoms with Crippen molar-refractivity contribution in [3.8, 4) is 0 Å². The van der Waals surface area contributed by atoms with Crippen molar-refractivity contribution in [2.24, 2.45) is 4.99 Å². The molecule has 0 aliphatic carbocycles. The number of rotatable bonds is 7. The summed E-state index contributed by atoms with van der Waals surface area (Å²) < 4.78 is 2.05. The fourth-order valence-electron chi connectivity index (χ4n) is 3.50. The van der Waals surface area contributed by atoms with E-state index < -0.39 is 0 Å². The van der Waals surface area contributed by atoms with E-state index in [1.165, 1.54) is 11.1 Å². The number of amides is 1. The monoisotopic (exact) mass is 432 g/mol. The average Bonchev–Trinajstić information content (AvgIpc) is 3.06. The van der Waals surface area contributed by atoms with Gasteiger partial charge in [-0.15, -0.1) is 0 Å². The zero-order valence-electron chi connectivity index (χ0n) is 19.5. The molecule has 3 rings (SSSR count). The van der Waals surface area contributed by atoms with E-state index >= 15 is 0 Å². The summed E-state index contributed by atoms with van der Waals surface area (Å²) in [4.78, 5) is 17.9. The quantitative estimate of drug-likeness (QED) is 0.444. The second-order valence-electron chi connectivity index (χ2n) is 7.97. The van der Waals surface area contributed by atoms with Gasteiger partial charge < -0.3 is 15.5 Å². The van der Waals surface area contributed by atoms with Crippen molar-refractivity contribution in [1.82, 2.24) is 25.3 Å². The fraction of sp³-hybridized carbons (Fsp3) is 0.320. The van der Waals surface area contributed by atoms with E-state index in [2.05, 4.69) is 39.4 Å². The SMILES string of the molecule is CN=C(NCc1ccc(C(=O)N(C)C)cc1)NCc1c(C)nn(Cc2ccccc2)c1C. The molecule has 0 aliphatic heterocycles. The minimum absolute atomic E-state index is 0.000496. The Morgan fingerprint density at radius 2 is 1.62 bits per heavy atom. The number of aromatic nitrogens is 2. The van der Waals surface area contributed by atoms with E-state index in [-0.39, 0.29) is 5.91 Å². The van der Waals surface area contributed by atoms with Crippen LogP contribution in [0, 0.1) is 13.8 Å². The van der Waals surface area contributed by atoms with Crippen molar-refractivity contribution in [3.05, 3.63) is 88.2 Å². The van der Waals surface area contributed by atoms with Gasteiger partial charge in [0.2, 0.25) is 0 Å². The van der Waals surface area contributed by atoms with Crippen LogP contribution in [0.1, 0.15) is 38.4 Å². The smallest absolute Gasteiger partial charge is 0.253 e. The molecule has 0 bridgehead atoms. The number of nitrogens with one attached hydrogen (secondary N) is 2. The molecule has 168 valence electrons. The van der Waals surface area contributed by atoms with E-state index in [1.54, 1.807) is 26.0 Å². The molecule has 7 nitrogen and oxygen atoms in total. The molecule has 0 atom stereocenters. The Labute approximate surface area is 190 Å². The molecular weight excluding hydrogens is 400 g/mol. The second-order valence-corrected chi connectivity index (χ2v) is 7.97. The van der Waals surface area contributed by atoms with Gasteiger partial charge in [0, 0.05) is 51.1 Å². The molecule has 0 aliphatic rings. The van der Waals surface area contributed by atoms with Gasteiger partial charge in [-0.2, -0.15) is 5.10 Å². The molecule has 7 heteroatoms. The summed E-state index contributed by atoms with van der Waals surface area (Å²) in [6, 6.07) is 18.0. The van der Waals surface area contributed by atoms with Crippen molar-refractivity contribution < 1.29 is 4.79 Å². The van der Waals surface area contributed by atoms with Gasteiger partial charge in [0.1, 0.15) is 0 Å². The first-order chi connectivity index (χ1) is 15.4. The lowest BCUT2D eigenvalue weighted by Gasteiger charge is -2.13. The molecular formula is C25H32N6O. The van der Waals surface area contributed by atoms with Gasteiger partial charge in [-0.05, 0) is 37.1 Å². The van der Waals surface area contributed by atoms with E-state index in [9.17, 15) is 4.79 Å². The van der Waals surface area contributed by atoms with Gasteiger partial charge in [-0.25, -0.2) is 0 Å². The van der Waals surface area contributed by atoms with Crippen LogP contribution in [0.3, 0.4) is 0 Å². The third-order valence-corrected chi connectivity index (χ3v) is 5.43. The van der Waals surface area contributed by atoms with Crippen molar-refractivity contribution in [2.45, 2.75) is 33.5 Å². The Kier molecular flexibility index (Phi) is 7.65. The molecule has 3 aromatic rings. The maximum absolute atomic E-state index is 12.0. The van der Waals surface area contributed by atoms with Crippen LogP contribution >= 0.6 is 0 Å². The largest absolute Gasteiger partial charge is 0.352 e. The Balaban J connectivity index is 1.57. The standard InChI is InChI=1S/C25H32N6O/c1-18-23(19(2)31(29-18)17-21-9-7-6-8-10-21)16-28-25(26-3)27-15-20-11-13-22(14-12-20)24(32)30(4)5/h6-14H,15-17H2,1-5H3,(H2,26,27,28). The molecule has 0 saturated heterocycles. The molecule has 32 heavy (non-hydrogen) atoms. The van der Waals surface area contributed by atoms with Gasteiger partial charge in [0.15, 0.2) is 5.96 Å². The predicted octanol–water partition coefficient (Wildman–Crippen LogP) is 3.12. The zero-order chi connectivity index (χ0) is 23.1. The van der Waals surface area contributed by atoms with E-state index in [4.69, 9.17) is 5.10 Å². The van der Waals surface area contributed by atoms with Crippen LogP contribution in [0.15, 0.2) is 59.6 Å². The number of hydrogen-bond donors (Lipinski definition) is 2. The molecule has 1 amide bonds. The maximum Gasteiger partial charge on any atom is 0.253 e. The average molecular weight is 433 g/mol. The molecule has 0 fully saturated rings. The normalized spacial score (nSPS) is 11.3. The molecule has 2 aromatic carbocycles. The summed E-state index contributed by atoms with van der Waals surface area (Å²) in [7, 11) is 5.26. The molecule has 0 spiro atoms. The highest BCUT2D eigenvalue weighted by molar-refractivity contribution is 5.93. The summed E-state index contributed by atoms with van der Waals surface area (Å²) in [6.07, 6.45) is 0. The molecule has 1 heterocycles. The fourth-order valence-corrected chi connectivity index (χ4v) is 3.50. The Morgan fingerprint density at radius 3 is 2.25 bits per heavy atom. The number of carbonyl (C=O) groups is 1. The molecule has 1 aromatic heterocycles. The van der Waals surface area contributed by atoms with E-state index in [0.29, 0.717) is 24.6 Å². The number of hydrogen-bond acceptors (Lipinski definition) is 3. The highest BCUT2D eigenvalue weighted by atomic mass is 16.2. The summed E-state index contributed by atoms with van der Waals surface area (Å²) in [5.74, 6) is 0.716. The highest BCUT2D eigenvalue weighted by Gasteiger charge is 2.12. The van der Waals surface area contributed by atoms with Crippen molar-refractivity contribution in [2.75, 3.05) is 21.1 Å². The van der Waals surface area contributed by atoms with E-state index in [0.717, 1.165) is 23.5 Å². The topological polar surface area (TPSA) is 74.6 Å². The first-order valence-electron chi connectivity index (χ1n) is 10.7. The predicted molar refractivity (Wildman–Crippen MR) is 129 cm³/mol. The van der Waals surface area contributed by atoms with E-state index in [1.807, 2.05) is 49.4 Å². The van der Waals surface area contributed by atoms with Crippen LogP contribution in [0.2, 0.25) is 0 Å². The second kappa shape index (κ2) is 10.6. The first-order valence-corrected chi connectivity index (χ1v) is 10.7. The van der Waals surface area contributed by atoms with Crippen LogP contribution in [0.5, 0.6) is 0 Å². The van der Waals surface area contributed by atoms with Gasteiger partial charge in [-0.3, -0.25) is 14.5 Å². The summed E-state index contributed by atoms with van der Waals surface area (Å²) >= 11 is 0. The minimum Gasteiger partial charge on any atom is -0.352 e. The highest BCUT2D eigenvalue weighted by Crippen LogP contribution is 2.15. The lowest BCUT2D eigenvalue weighted by Crippen LogP contribution is -2.36. The third-order valence-electron chi connectivity index (χ3n) is 5.43.